The summed E-state index contributed by atoms with van der Waals surface area (Å²) in [4.78, 5) is 43.5. The first kappa shape index (κ1) is 22.2. The van der Waals surface area contributed by atoms with Gasteiger partial charge < -0.3 is 15.0 Å². The molecule has 3 aromatic rings. The molecular weight excluding hydrogens is 459 g/mol. The number of carbonyl (C=O) groups is 3. The molecular formula is C29H23FN2O4. The predicted octanol–water partition coefficient (Wildman–Crippen LogP) is 4.40. The highest BCUT2D eigenvalue weighted by Crippen LogP contribution is 2.57. The zero-order valence-corrected chi connectivity index (χ0v) is 19.7. The van der Waals surface area contributed by atoms with Crippen LogP contribution in [-0.4, -0.2) is 36.7 Å². The highest BCUT2D eigenvalue weighted by Gasteiger charge is 2.69. The Labute approximate surface area is 207 Å². The molecule has 0 aromatic heterocycles. The largest absolute Gasteiger partial charge is 0.497 e. The third-order valence-electron chi connectivity index (χ3n) is 7.65. The van der Waals surface area contributed by atoms with Crippen LogP contribution in [0.15, 0.2) is 72.8 Å². The Morgan fingerprint density at radius 1 is 1.06 bits per heavy atom. The Kier molecular flexibility index (Phi) is 4.86. The SMILES string of the molecule is COc1cccc(C(=O)[C@@H]2[C@H](C(C)=O)N3c4ccc(F)cc4C=C[C@H]3[C@]23C(=O)Nc2ccccc23)c1. The zero-order valence-electron chi connectivity index (χ0n) is 19.7. The van der Waals surface area contributed by atoms with E-state index >= 15 is 0 Å². The van der Waals surface area contributed by atoms with Gasteiger partial charge in [-0.05, 0) is 48.9 Å². The van der Waals surface area contributed by atoms with Crippen LogP contribution in [0.1, 0.15) is 28.4 Å². The van der Waals surface area contributed by atoms with Gasteiger partial charge in [0.05, 0.1) is 25.1 Å². The fourth-order valence-corrected chi connectivity index (χ4v) is 6.26. The van der Waals surface area contributed by atoms with Crippen molar-refractivity contribution in [3.63, 3.8) is 0 Å². The summed E-state index contributed by atoms with van der Waals surface area (Å²) < 4.78 is 19.4. The average molecular weight is 483 g/mol. The number of hydrogen-bond donors (Lipinski definition) is 1. The van der Waals surface area contributed by atoms with Crippen molar-refractivity contribution in [3.8, 4) is 5.75 Å². The maximum atomic E-state index is 14.4. The number of fused-ring (bicyclic) bond motifs is 6. The zero-order chi connectivity index (χ0) is 25.2. The number of carbonyl (C=O) groups excluding carboxylic acids is 3. The maximum absolute atomic E-state index is 14.4. The molecule has 6 nitrogen and oxygen atoms in total. The second-order valence-electron chi connectivity index (χ2n) is 9.41. The van der Waals surface area contributed by atoms with E-state index in [9.17, 15) is 18.8 Å². The molecule has 4 atom stereocenters. The van der Waals surface area contributed by atoms with Crippen molar-refractivity contribution in [1.82, 2.24) is 0 Å². The molecule has 0 bridgehead atoms. The first-order valence-electron chi connectivity index (χ1n) is 11.7. The van der Waals surface area contributed by atoms with Crippen LogP contribution >= 0.6 is 0 Å². The molecule has 7 heteroatoms. The van der Waals surface area contributed by atoms with Crippen LogP contribution in [0.3, 0.4) is 0 Å². The number of hydrogen-bond acceptors (Lipinski definition) is 5. The van der Waals surface area contributed by atoms with Gasteiger partial charge in [0.1, 0.15) is 17.0 Å². The summed E-state index contributed by atoms with van der Waals surface area (Å²) in [5.41, 5.74) is 1.48. The molecule has 36 heavy (non-hydrogen) atoms. The van der Waals surface area contributed by atoms with Crippen molar-refractivity contribution in [1.29, 1.82) is 0 Å². The number of Topliss-reactive ketones (excluding diaryl/α,β-unsaturated/α-hetero) is 2. The van der Waals surface area contributed by atoms with Crippen LogP contribution in [0.5, 0.6) is 5.75 Å². The normalized spacial score (nSPS) is 25.2. The molecule has 180 valence electrons. The Balaban J connectivity index is 1.65. The molecule has 0 aliphatic carbocycles. The number of rotatable bonds is 4. The summed E-state index contributed by atoms with van der Waals surface area (Å²) in [6, 6.07) is 16.8. The Hall–Kier alpha value is -4.26. The van der Waals surface area contributed by atoms with Crippen molar-refractivity contribution in [2.75, 3.05) is 17.3 Å². The van der Waals surface area contributed by atoms with Crippen LogP contribution < -0.4 is 15.0 Å². The number of ether oxygens (including phenoxy) is 1. The minimum atomic E-state index is -1.37. The molecule has 3 aliphatic rings. The summed E-state index contributed by atoms with van der Waals surface area (Å²) in [5.74, 6) is -1.84. The standard InChI is InChI=1S/C29H23FN2O4/c1-16(33)26-25(27(34)18-6-5-7-20(15-18)36-2)29(21-8-3-4-9-22(21)31-28(29)35)24-13-10-17-14-19(30)11-12-23(17)32(24)26/h3-15,24-26H,1-2H3,(H,31,35)/t24-,25-,26-,29-/m0/s1. The van der Waals surface area contributed by atoms with Gasteiger partial charge in [0.15, 0.2) is 11.6 Å². The monoisotopic (exact) mass is 482 g/mol. The molecule has 0 unspecified atom stereocenters. The molecule has 6 rings (SSSR count). The van der Waals surface area contributed by atoms with E-state index in [-0.39, 0.29) is 17.5 Å². The van der Waals surface area contributed by atoms with Crippen LogP contribution in [0.4, 0.5) is 15.8 Å². The average Bonchev–Trinajstić information content (AvgIpc) is 3.36. The maximum Gasteiger partial charge on any atom is 0.238 e. The highest BCUT2D eigenvalue weighted by atomic mass is 19.1. The van der Waals surface area contributed by atoms with E-state index < -0.39 is 29.2 Å². The van der Waals surface area contributed by atoms with Gasteiger partial charge in [-0.2, -0.15) is 0 Å². The van der Waals surface area contributed by atoms with E-state index in [1.807, 2.05) is 29.2 Å². The summed E-state index contributed by atoms with van der Waals surface area (Å²) in [5, 5.41) is 2.97. The summed E-state index contributed by atoms with van der Waals surface area (Å²) in [6.45, 7) is 1.44. The van der Waals surface area contributed by atoms with E-state index in [0.717, 1.165) is 0 Å². The number of para-hydroxylation sites is 1. The van der Waals surface area contributed by atoms with Crippen molar-refractivity contribution in [2.45, 2.75) is 24.4 Å². The Morgan fingerprint density at radius 2 is 1.86 bits per heavy atom. The molecule has 1 spiro atoms. The number of amides is 1. The topological polar surface area (TPSA) is 75.7 Å². The molecule has 1 fully saturated rings. The number of nitrogens with one attached hydrogen (secondary N) is 1. The first-order valence-corrected chi connectivity index (χ1v) is 11.7. The van der Waals surface area contributed by atoms with Gasteiger partial charge >= 0.3 is 0 Å². The van der Waals surface area contributed by atoms with Crippen molar-refractivity contribution in [2.24, 2.45) is 5.92 Å². The van der Waals surface area contributed by atoms with E-state index in [4.69, 9.17) is 4.74 Å². The lowest BCUT2D eigenvalue weighted by Gasteiger charge is -2.37. The van der Waals surface area contributed by atoms with Gasteiger partial charge in [0.25, 0.3) is 0 Å². The molecule has 3 aliphatic heterocycles. The lowest BCUT2D eigenvalue weighted by atomic mass is 9.64. The number of nitrogens with zero attached hydrogens (tertiary/aromatic N) is 1. The smallest absolute Gasteiger partial charge is 0.238 e. The fourth-order valence-electron chi connectivity index (χ4n) is 6.26. The summed E-state index contributed by atoms with van der Waals surface area (Å²) in [7, 11) is 1.51. The second kappa shape index (κ2) is 7.88. The third kappa shape index (κ3) is 2.86. The van der Waals surface area contributed by atoms with Gasteiger partial charge in [-0.1, -0.05) is 42.5 Å². The van der Waals surface area contributed by atoms with Gasteiger partial charge in [0.2, 0.25) is 5.91 Å². The van der Waals surface area contributed by atoms with Gasteiger partial charge in [-0.3, -0.25) is 14.4 Å². The molecule has 0 radical (unpaired) electrons. The quantitative estimate of drug-likeness (QED) is 0.558. The number of benzene rings is 3. The number of anilines is 2. The van der Waals surface area contributed by atoms with Crippen molar-refractivity contribution < 1.29 is 23.5 Å². The summed E-state index contributed by atoms with van der Waals surface area (Å²) in [6.07, 6.45) is 3.59. The highest BCUT2D eigenvalue weighted by molar-refractivity contribution is 6.16. The number of ketones is 2. The Morgan fingerprint density at radius 3 is 2.64 bits per heavy atom. The minimum absolute atomic E-state index is 0.249. The molecule has 0 saturated carbocycles. The van der Waals surface area contributed by atoms with E-state index in [0.29, 0.717) is 33.8 Å². The lowest BCUT2D eigenvalue weighted by molar-refractivity contribution is -0.122. The second-order valence-corrected chi connectivity index (χ2v) is 9.41. The number of halogens is 1. The molecule has 1 N–H and O–H groups in total. The lowest BCUT2D eigenvalue weighted by Crippen LogP contribution is -2.51. The third-order valence-corrected chi connectivity index (χ3v) is 7.65. The van der Waals surface area contributed by atoms with Crippen LogP contribution in [0, 0.1) is 11.7 Å². The van der Waals surface area contributed by atoms with Gasteiger partial charge in [-0.15, -0.1) is 0 Å². The minimum Gasteiger partial charge on any atom is -0.497 e. The Bertz CT molecular complexity index is 1480. The van der Waals surface area contributed by atoms with E-state index in [2.05, 4.69) is 5.32 Å². The van der Waals surface area contributed by atoms with E-state index in [1.54, 1.807) is 42.5 Å². The predicted molar refractivity (Wildman–Crippen MR) is 134 cm³/mol. The molecule has 3 heterocycles. The van der Waals surface area contributed by atoms with Crippen molar-refractivity contribution >= 4 is 34.9 Å². The van der Waals surface area contributed by atoms with Crippen LogP contribution in [-0.2, 0) is 15.0 Å². The number of methoxy groups -OCH3 is 1. The molecule has 1 amide bonds. The van der Waals surface area contributed by atoms with Gasteiger partial charge in [-0.25, -0.2) is 4.39 Å². The summed E-state index contributed by atoms with van der Waals surface area (Å²) >= 11 is 0. The fraction of sp³-hybridized carbons (Fsp3) is 0.207. The van der Waals surface area contributed by atoms with Crippen LogP contribution in [0.25, 0.3) is 6.08 Å². The molecule has 3 aromatic carbocycles. The first-order chi connectivity index (χ1) is 17.4. The van der Waals surface area contributed by atoms with Crippen LogP contribution in [0.2, 0.25) is 0 Å². The van der Waals surface area contributed by atoms with Gasteiger partial charge in [0, 0.05) is 22.5 Å². The van der Waals surface area contributed by atoms with E-state index in [1.165, 1.54) is 26.2 Å². The molecule has 1 saturated heterocycles. The van der Waals surface area contributed by atoms with Crippen molar-refractivity contribution in [3.05, 3.63) is 95.3 Å².